The van der Waals surface area contributed by atoms with Crippen LogP contribution in [0, 0.1) is 0 Å². The Morgan fingerprint density at radius 1 is 0.972 bits per heavy atom. The third-order valence-corrected chi connectivity index (χ3v) is 6.26. The maximum atomic E-state index is 13.2. The van der Waals surface area contributed by atoms with Crippen LogP contribution in [-0.2, 0) is 16.0 Å². The average molecular weight is 534 g/mol. The third-order valence-electron chi connectivity index (χ3n) is 4.53. The zero-order chi connectivity index (χ0) is 26.7. The number of aromatic nitrogens is 1. The molecule has 0 aliphatic carbocycles. The number of nitrogens with zero attached hydrogens (tertiary/aromatic N) is 1. The molecule has 0 unspecified atom stereocenters. The minimum absolute atomic E-state index is 0.0217. The van der Waals surface area contributed by atoms with Crippen LogP contribution in [0.15, 0.2) is 65.7 Å². The fourth-order valence-electron chi connectivity index (χ4n) is 2.80. The van der Waals surface area contributed by atoms with Gasteiger partial charge < -0.3 is 14.8 Å². The largest absolute Gasteiger partial charge is 0.573 e. The van der Waals surface area contributed by atoms with E-state index in [0.717, 1.165) is 30.3 Å². The topological polar surface area (TPSA) is 94.6 Å². The number of benzene rings is 2. The molecule has 192 valence electrons. The molecular weight excluding hydrogens is 518 g/mol. The zero-order valence-corrected chi connectivity index (χ0v) is 19.0. The number of ether oxygens (including phenoxy) is 2. The van der Waals surface area contributed by atoms with E-state index in [9.17, 15) is 39.6 Å². The van der Waals surface area contributed by atoms with Crippen LogP contribution in [0.25, 0.3) is 0 Å². The number of amides is 1. The monoisotopic (exact) mass is 534 g/mol. The summed E-state index contributed by atoms with van der Waals surface area (Å²) in [5, 5.41) is 2.30. The standard InChI is InChI=1S/C22H16F6N2O5S/c1-2-36(32,33)17-5-3-4-14(11-17)30-19(31)18-10-13(21(23,24)25)12-29-20(18)34-15-6-8-16(9-7-15)35-22(26,27)28/h3-12H,2H2,1H3,(H,30,31). The van der Waals surface area contributed by atoms with Crippen LogP contribution in [0.1, 0.15) is 22.8 Å². The second kappa shape index (κ2) is 10.0. The number of carbonyl (C=O) groups excluding carboxylic acids is 1. The van der Waals surface area contributed by atoms with Gasteiger partial charge in [-0.25, -0.2) is 13.4 Å². The predicted octanol–water partition coefficient (Wildman–Crippen LogP) is 5.84. The van der Waals surface area contributed by atoms with E-state index >= 15 is 0 Å². The van der Waals surface area contributed by atoms with Crippen molar-refractivity contribution in [3.05, 3.63) is 71.9 Å². The molecule has 0 aliphatic heterocycles. The number of nitrogens with one attached hydrogen (secondary N) is 1. The Balaban J connectivity index is 1.93. The predicted molar refractivity (Wildman–Crippen MR) is 115 cm³/mol. The fraction of sp³-hybridized carbons (Fsp3) is 0.182. The van der Waals surface area contributed by atoms with E-state index in [0.29, 0.717) is 12.3 Å². The molecule has 7 nitrogen and oxygen atoms in total. The molecule has 0 atom stereocenters. The van der Waals surface area contributed by atoms with E-state index in [1.807, 2.05) is 0 Å². The number of hydrogen-bond donors (Lipinski definition) is 1. The highest BCUT2D eigenvalue weighted by Gasteiger charge is 2.33. The van der Waals surface area contributed by atoms with E-state index < -0.39 is 51.0 Å². The number of hydrogen-bond acceptors (Lipinski definition) is 6. The summed E-state index contributed by atoms with van der Waals surface area (Å²) in [6.07, 6.45) is -9.37. The lowest BCUT2D eigenvalue weighted by Gasteiger charge is -2.14. The zero-order valence-electron chi connectivity index (χ0n) is 18.1. The van der Waals surface area contributed by atoms with E-state index in [2.05, 4.69) is 15.0 Å². The Kier molecular flexibility index (Phi) is 7.48. The summed E-state index contributed by atoms with van der Waals surface area (Å²) in [4.78, 5) is 16.3. The number of pyridine rings is 1. The molecular formula is C22H16F6N2O5S. The van der Waals surface area contributed by atoms with Gasteiger partial charge >= 0.3 is 12.5 Å². The lowest BCUT2D eigenvalue weighted by molar-refractivity contribution is -0.274. The van der Waals surface area contributed by atoms with Gasteiger partial charge in [0, 0.05) is 11.9 Å². The summed E-state index contributed by atoms with van der Waals surface area (Å²) in [5.41, 5.74) is -1.95. The molecule has 0 saturated carbocycles. The lowest BCUT2D eigenvalue weighted by atomic mass is 10.1. The normalized spacial score (nSPS) is 12.2. The van der Waals surface area contributed by atoms with Crippen molar-refractivity contribution in [1.82, 2.24) is 4.98 Å². The molecule has 1 N–H and O–H groups in total. The van der Waals surface area contributed by atoms with Gasteiger partial charge in [0.05, 0.1) is 16.2 Å². The van der Waals surface area contributed by atoms with Crippen molar-refractivity contribution in [2.45, 2.75) is 24.4 Å². The van der Waals surface area contributed by atoms with Gasteiger partial charge in [-0.3, -0.25) is 4.79 Å². The van der Waals surface area contributed by atoms with E-state index in [1.165, 1.54) is 25.1 Å². The lowest BCUT2D eigenvalue weighted by Crippen LogP contribution is -2.17. The van der Waals surface area contributed by atoms with E-state index in [-0.39, 0.29) is 22.1 Å². The number of rotatable bonds is 7. The molecule has 2 aromatic carbocycles. The quantitative estimate of drug-likeness (QED) is 0.383. The molecule has 0 fully saturated rings. The maximum Gasteiger partial charge on any atom is 0.573 e. The van der Waals surface area contributed by atoms with Crippen molar-refractivity contribution < 1.29 is 49.0 Å². The van der Waals surface area contributed by atoms with Crippen LogP contribution >= 0.6 is 0 Å². The molecule has 1 heterocycles. The molecule has 0 aliphatic rings. The van der Waals surface area contributed by atoms with Gasteiger partial charge in [0.15, 0.2) is 9.84 Å². The molecule has 0 radical (unpaired) electrons. The SMILES string of the molecule is CCS(=O)(=O)c1cccc(NC(=O)c2cc(C(F)(F)F)cnc2Oc2ccc(OC(F)(F)F)cc2)c1. The Bertz CT molecular complexity index is 1360. The van der Waals surface area contributed by atoms with Crippen molar-refractivity contribution in [3.63, 3.8) is 0 Å². The first kappa shape index (κ1) is 26.8. The highest BCUT2D eigenvalue weighted by atomic mass is 32.2. The molecule has 3 aromatic rings. The number of sulfone groups is 1. The van der Waals surface area contributed by atoms with Gasteiger partial charge in [0.1, 0.15) is 17.1 Å². The second-order valence-electron chi connectivity index (χ2n) is 7.08. The van der Waals surface area contributed by atoms with Crippen molar-refractivity contribution in [1.29, 1.82) is 0 Å². The van der Waals surface area contributed by atoms with Gasteiger partial charge in [-0.05, 0) is 48.5 Å². The van der Waals surface area contributed by atoms with Crippen LogP contribution < -0.4 is 14.8 Å². The maximum absolute atomic E-state index is 13.2. The molecule has 0 spiro atoms. The third kappa shape index (κ3) is 6.87. The second-order valence-corrected chi connectivity index (χ2v) is 9.36. The van der Waals surface area contributed by atoms with Gasteiger partial charge in [-0.15, -0.1) is 13.2 Å². The van der Waals surface area contributed by atoms with Gasteiger partial charge in [0.2, 0.25) is 5.88 Å². The van der Waals surface area contributed by atoms with Crippen molar-refractivity contribution in [3.8, 4) is 17.4 Å². The number of halogens is 6. The molecule has 1 amide bonds. The van der Waals surface area contributed by atoms with E-state index in [4.69, 9.17) is 4.74 Å². The highest BCUT2D eigenvalue weighted by Crippen LogP contribution is 2.34. The summed E-state index contributed by atoms with van der Waals surface area (Å²) in [7, 11) is -3.63. The Morgan fingerprint density at radius 3 is 2.19 bits per heavy atom. The first-order valence-electron chi connectivity index (χ1n) is 9.93. The summed E-state index contributed by atoms with van der Waals surface area (Å²) in [6.45, 7) is 1.42. The summed E-state index contributed by atoms with van der Waals surface area (Å²) in [5.74, 6) is -2.63. The van der Waals surface area contributed by atoms with E-state index in [1.54, 1.807) is 0 Å². The Hall–Kier alpha value is -3.81. The van der Waals surface area contributed by atoms with Gasteiger partial charge in [0.25, 0.3) is 5.91 Å². The van der Waals surface area contributed by atoms with Crippen LogP contribution in [0.2, 0.25) is 0 Å². The first-order valence-corrected chi connectivity index (χ1v) is 11.6. The fourth-order valence-corrected chi connectivity index (χ4v) is 3.73. The van der Waals surface area contributed by atoms with Crippen LogP contribution in [-0.4, -0.2) is 31.4 Å². The van der Waals surface area contributed by atoms with Crippen molar-refractivity contribution >= 4 is 21.4 Å². The summed E-state index contributed by atoms with van der Waals surface area (Å²) < 4.78 is 110. The van der Waals surface area contributed by atoms with Gasteiger partial charge in [-0.1, -0.05) is 13.0 Å². The molecule has 1 aromatic heterocycles. The van der Waals surface area contributed by atoms with Crippen LogP contribution in [0.3, 0.4) is 0 Å². The summed E-state index contributed by atoms with van der Waals surface area (Å²) in [6, 6.07) is 9.42. The van der Waals surface area contributed by atoms with Crippen LogP contribution in [0.4, 0.5) is 32.0 Å². The Labute approximate surface area is 200 Å². The molecule has 14 heteroatoms. The average Bonchev–Trinajstić information content (AvgIpc) is 2.79. The highest BCUT2D eigenvalue weighted by molar-refractivity contribution is 7.91. The summed E-state index contributed by atoms with van der Waals surface area (Å²) >= 11 is 0. The van der Waals surface area contributed by atoms with Gasteiger partial charge in [-0.2, -0.15) is 13.2 Å². The van der Waals surface area contributed by atoms with Crippen molar-refractivity contribution in [2.75, 3.05) is 11.1 Å². The molecule has 0 saturated heterocycles. The number of carbonyl (C=O) groups is 1. The first-order chi connectivity index (χ1) is 16.7. The minimum atomic E-state index is -4.93. The molecule has 0 bridgehead atoms. The Morgan fingerprint density at radius 2 is 1.61 bits per heavy atom. The number of anilines is 1. The molecule has 36 heavy (non-hydrogen) atoms. The van der Waals surface area contributed by atoms with Crippen LogP contribution in [0.5, 0.6) is 17.4 Å². The molecule has 3 rings (SSSR count). The smallest absolute Gasteiger partial charge is 0.438 e. The minimum Gasteiger partial charge on any atom is -0.438 e. The van der Waals surface area contributed by atoms with Crippen molar-refractivity contribution in [2.24, 2.45) is 0 Å². The number of alkyl halides is 6.